The van der Waals surface area contributed by atoms with E-state index in [2.05, 4.69) is 35.6 Å². The zero-order chi connectivity index (χ0) is 18.0. The van der Waals surface area contributed by atoms with Crippen molar-refractivity contribution in [2.24, 2.45) is 5.92 Å². The molecule has 1 unspecified atom stereocenters. The summed E-state index contributed by atoms with van der Waals surface area (Å²) in [5.41, 5.74) is 0. The van der Waals surface area contributed by atoms with Crippen LogP contribution in [-0.2, 0) is 14.3 Å². The Balaban J connectivity index is 2.18. The van der Waals surface area contributed by atoms with Crippen molar-refractivity contribution < 1.29 is 14.3 Å². The van der Waals surface area contributed by atoms with Crippen LogP contribution in [0.1, 0.15) is 38.5 Å². The molecule has 0 aromatic carbocycles. The van der Waals surface area contributed by atoms with Crippen LogP contribution in [0.3, 0.4) is 0 Å². The normalized spacial score (nSPS) is 19.2. The van der Waals surface area contributed by atoms with Gasteiger partial charge in [-0.3, -0.25) is 9.59 Å². The fourth-order valence-corrected chi connectivity index (χ4v) is 3.97. The van der Waals surface area contributed by atoms with Crippen molar-refractivity contribution in [1.29, 1.82) is 0 Å². The highest BCUT2D eigenvalue weighted by molar-refractivity contribution is 9.09. The average molecular weight is 420 g/mol. The molecular weight excluding hydrogens is 386 g/mol. The second-order valence-corrected chi connectivity index (χ2v) is 14.4. The Kier molecular flexibility index (Phi) is 10.4. The fourth-order valence-electron chi connectivity index (χ4n) is 2.81. The molecular formula is C18H34BrNO3Si. The Morgan fingerprint density at radius 1 is 1.12 bits per heavy atom. The first kappa shape index (κ1) is 21.8. The van der Waals surface area contributed by atoms with Gasteiger partial charge in [-0.1, -0.05) is 42.0 Å². The summed E-state index contributed by atoms with van der Waals surface area (Å²) in [6.45, 7) is 9.60. The number of nitrogens with zero attached hydrogens (tertiary/aromatic N) is 1. The van der Waals surface area contributed by atoms with Crippen molar-refractivity contribution >= 4 is 35.7 Å². The lowest BCUT2D eigenvalue weighted by atomic mass is 9.90. The number of hydrogen-bond donors (Lipinski definition) is 0. The van der Waals surface area contributed by atoms with Gasteiger partial charge in [-0.25, -0.2) is 0 Å². The Morgan fingerprint density at radius 2 is 1.88 bits per heavy atom. The number of carbonyl (C=O) groups excluding carboxylic acids is 2. The van der Waals surface area contributed by atoms with Crippen molar-refractivity contribution in [3.8, 4) is 0 Å². The molecule has 1 rings (SSSR count). The molecule has 1 amide bonds. The second kappa shape index (κ2) is 11.4. The first-order chi connectivity index (χ1) is 11.3. The van der Waals surface area contributed by atoms with Gasteiger partial charge >= 0.3 is 0 Å². The maximum absolute atomic E-state index is 12.3. The number of carbonyl (C=O) groups is 2. The van der Waals surface area contributed by atoms with E-state index in [0.717, 1.165) is 50.6 Å². The van der Waals surface area contributed by atoms with Gasteiger partial charge < -0.3 is 9.64 Å². The van der Waals surface area contributed by atoms with Gasteiger partial charge in [0.25, 0.3) is 0 Å². The van der Waals surface area contributed by atoms with E-state index in [4.69, 9.17) is 4.74 Å². The zero-order valence-electron chi connectivity index (χ0n) is 15.6. The van der Waals surface area contributed by atoms with Crippen molar-refractivity contribution in [1.82, 2.24) is 4.90 Å². The molecule has 0 aromatic rings. The van der Waals surface area contributed by atoms with Gasteiger partial charge in [0.05, 0.1) is 6.54 Å². The van der Waals surface area contributed by atoms with Crippen LogP contribution < -0.4 is 0 Å². The lowest BCUT2D eigenvalue weighted by molar-refractivity contribution is -0.144. The SMILES string of the molecule is C[Si](C)(C)CCOCCCC1CC(=O)N(CCCCCBr)CC1=O. The van der Waals surface area contributed by atoms with E-state index >= 15 is 0 Å². The van der Waals surface area contributed by atoms with Gasteiger partial charge in [-0.2, -0.15) is 0 Å². The molecule has 1 aliphatic rings. The molecule has 1 atom stereocenters. The summed E-state index contributed by atoms with van der Waals surface area (Å²) >= 11 is 3.41. The van der Waals surface area contributed by atoms with Crippen LogP contribution in [0.4, 0.5) is 0 Å². The minimum atomic E-state index is -1.03. The number of halogens is 1. The van der Waals surface area contributed by atoms with Crippen LogP contribution in [0.5, 0.6) is 0 Å². The van der Waals surface area contributed by atoms with Crippen LogP contribution in [0, 0.1) is 5.92 Å². The highest BCUT2D eigenvalue weighted by Gasteiger charge is 2.31. The van der Waals surface area contributed by atoms with Gasteiger partial charge in [0.2, 0.25) is 5.91 Å². The number of unbranched alkanes of at least 4 members (excludes halogenated alkanes) is 2. The maximum atomic E-state index is 12.3. The first-order valence-corrected chi connectivity index (χ1v) is 14.1. The van der Waals surface area contributed by atoms with Gasteiger partial charge in [-0.05, 0) is 31.7 Å². The number of ether oxygens (including phenoxy) is 1. The number of hydrogen-bond acceptors (Lipinski definition) is 3. The van der Waals surface area contributed by atoms with E-state index < -0.39 is 8.07 Å². The summed E-state index contributed by atoms with van der Waals surface area (Å²) in [6, 6.07) is 1.18. The Bertz CT molecular complexity index is 398. The molecule has 140 valence electrons. The number of Topliss-reactive ketones (excluding diaryl/α,β-unsaturated/α-hetero) is 1. The van der Waals surface area contributed by atoms with E-state index in [-0.39, 0.29) is 17.6 Å². The van der Waals surface area contributed by atoms with Crippen molar-refractivity contribution in [3.05, 3.63) is 0 Å². The number of alkyl halides is 1. The molecule has 6 heteroatoms. The Hall–Kier alpha value is -0.203. The largest absolute Gasteiger partial charge is 0.382 e. The van der Waals surface area contributed by atoms with Gasteiger partial charge in [-0.15, -0.1) is 0 Å². The fraction of sp³-hybridized carbons (Fsp3) is 0.889. The number of piperidine rings is 1. The third-order valence-electron chi connectivity index (χ3n) is 4.48. The molecule has 1 heterocycles. The molecule has 0 saturated carbocycles. The molecule has 1 fully saturated rings. The summed E-state index contributed by atoms with van der Waals surface area (Å²) in [4.78, 5) is 26.2. The molecule has 0 radical (unpaired) electrons. The molecule has 0 aliphatic carbocycles. The average Bonchev–Trinajstić information content (AvgIpc) is 2.50. The number of rotatable bonds is 12. The summed E-state index contributed by atoms with van der Waals surface area (Å²) in [5, 5.41) is 1.00. The lowest BCUT2D eigenvalue weighted by Crippen LogP contribution is -2.45. The van der Waals surface area contributed by atoms with Gasteiger partial charge in [0, 0.05) is 45.5 Å². The van der Waals surface area contributed by atoms with Crippen LogP contribution in [0.15, 0.2) is 0 Å². The minimum absolute atomic E-state index is 0.0862. The number of amides is 1. The van der Waals surface area contributed by atoms with Crippen LogP contribution in [0.2, 0.25) is 25.7 Å². The highest BCUT2D eigenvalue weighted by atomic mass is 79.9. The van der Waals surface area contributed by atoms with E-state index in [1.54, 1.807) is 4.90 Å². The summed E-state index contributed by atoms with van der Waals surface area (Å²) in [6.07, 6.45) is 5.26. The number of likely N-dealkylation sites (tertiary alicyclic amines) is 1. The molecule has 24 heavy (non-hydrogen) atoms. The molecule has 1 aliphatic heterocycles. The summed E-state index contributed by atoms with van der Waals surface area (Å²) < 4.78 is 5.68. The summed E-state index contributed by atoms with van der Waals surface area (Å²) in [7, 11) is -1.03. The van der Waals surface area contributed by atoms with Crippen molar-refractivity contribution in [2.45, 2.75) is 64.2 Å². The van der Waals surface area contributed by atoms with Crippen molar-refractivity contribution in [3.63, 3.8) is 0 Å². The summed E-state index contributed by atoms with van der Waals surface area (Å²) in [5.74, 6) is 0.298. The maximum Gasteiger partial charge on any atom is 0.223 e. The second-order valence-electron chi connectivity index (χ2n) is 8.00. The zero-order valence-corrected chi connectivity index (χ0v) is 18.2. The molecule has 0 aromatic heterocycles. The quantitative estimate of drug-likeness (QED) is 0.271. The van der Waals surface area contributed by atoms with Gasteiger partial charge in [0.1, 0.15) is 0 Å². The standard InChI is InChI=1S/C18H34BrNO3Si/c1-24(2,3)13-12-23-11-7-8-16-14-18(22)20(15-17(16)21)10-6-4-5-9-19/h16H,4-15H2,1-3H3. The van der Waals surface area contributed by atoms with E-state index in [9.17, 15) is 9.59 Å². The molecule has 0 bridgehead atoms. The van der Waals surface area contributed by atoms with E-state index in [1.165, 1.54) is 6.04 Å². The monoisotopic (exact) mass is 419 g/mol. The van der Waals surface area contributed by atoms with Crippen molar-refractivity contribution in [2.75, 3.05) is 31.6 Å². The third-order valence-corrected chi connectivity index (χ3v) is 6.74. The van der Waals surface area contributed by atoms with E-state index in [1.807, 2.05) is 0 Å². The van der Waals surface area contributed by atoms with Crippen LogP contribution in [0.25, 0.3) is 0 Å². The van der Waals surface area contributed by atoms with Gasteiger partial charge in [0.15, 0.2) is 5.78 Å². The molecule has 4 nitrogen and oxygen atoms in total. The highest BCUT2D eigenvalue weighted by Crippen LogP contribution is 2.21. The minimum Gasteiger partial charge on any atom is -0.382 e. The molecule has 0 spiro atoms. The smallest absolute Gasteiger partial charge is 0.223 e. The van der Waals surface area contributed by atoms with Crippen LogP contribution in [-0.4, -0.2) is 56.3 Å². The van der Waals surface area contributed by atoms with E-state index in [0.29, 0.717) is 19.6 Å². The Labute approximate surface area is 156 Å². The predicted octanol–water partition coefficient (Wildman–Crippen LogP) is 4.10. The first-order valence-electron chi connectivity index (χ1n) is 9.27. The predicted molar refractivity (Wildman–Crippen MR) is 106 cm³/mol. The lowest BCUT2D eigenvalue weighted by Gasteiger charge is -2.30. The topological polar surface area (TPSA) is 46.6 Å². The number of ketones is 1. The molecule has 0 N–H and O–H groups in total. The van der Waals surface area contributed by atoms with Crippen LogP contribution >= 0.6 is 15.9 Å². The third kappa shape index (κ3) is 9.32. The Morgan fingerprint density at radius 3 is 2.54 bits per heavy atom. The molecule has 1 saturated heterocycles.